The summed E-state index contributed by atoms with van der Waals surface area (Å²) in [4.78, 5) is 0. The second kappa shape index (κ2) is 6.07. The highest BCUT2D eigenvalue weighted by atomic mass is 19.1. The molecule has 0 spiro atoms. The first-order chi connectivity index (χ1) is 9.60. The number of nitriles is 1. The molecule has 0 saturated carbocycles. The fraction of sp³-hybridized carbons (Fsp3) is 0.188. The van der Waals surface area contributed by atoms with Crippen LogP contribution in [0, 0.1) is 24.1 Å². The molecule has 2 aromatic carbocycles. The Bertz CT molecular complexity index is 659. The van der Waals surface area contributed by atoms with Gasteiger partial charge >= 0.3 is 0 Å². The third kappa shape index (κ3) is 3.27. The van der Waals surface area contributed by atoms with Crippen LogP contribution in [0.25, 0.3) is 0 Å². The lowest BCUT2D eigenvalue weighted by molar-refractivity contribution is 0.625. The van der Waals surface area contributed by atoms with Crippen molar-refractivity contribution in [2.24, 2.45) is 0 Å². The molecule has 3 nitrogen and oxygen atoms in total. The Morgan fingerprint density at radius 1 is 1.25 bits per heavy atom. The minimum Gasteiger partial charge on any atom is -0.398 e. The fourth-order valence-electron chi connectivity index (χ4n) is 2.06. The van der Waals surface area contributed by atoms with Gasteiger partial charge in [-0.1, -0.05) is 6.07 Å². The third-order valence-electron chi connectivity index (χ3n) is 3.20. The van der Waals surface area contributed by atoms with Crippen LogP contribution in [-0.4, -0.2) is 6.54 Å². The average Bonchev–Trinajstić information content (AvgIpc) is 2.41. The summed E-state index contributed by atoms with van der Waals surface area (Å²) in [6.07, 6.45) is 0.798. The van der Waals surface area contributed by atoms with Crippen LogP contribution in [0.15, 0.2) is 36.4 Å². The zero-order valence-corrected chi connectivity index (χ0v) is 11.3. The minimum atomic E-state index is -0.209. The average molecular weight is 269 g/mol. The van der Waals surface area contributed by atoms with E-state index in [0.717, 1.165) is 29.8 Å². The van der Waals surface area contributed by atoms with Crippen LogP contribution in [0.2, 0.25) is 0 Å². The predicted octanol–water partition coefficient (Wildman–Crippen LogP) is 3.24. The third-order valence-corrected chi connectivity index (χ3v) is 3.20. The van der Waals surface area contributed by atoms with Crippen LogP contribution < -0.4 is 11.1 Å². The highest BCUT2D eigenvalue weighted by molar-refractivity contribution is 5.62. The van der Waals surface area contributed by atoms with Gasteiger partial charge in [-0.3, -0.25) is 0 Å². The van der Waals surface area contributed by atoms with Gasteiger partial charge in [0, 0.05) is 12.2 Å². The number of halogens is 1. The minimum absolute atomic E-state index is 0.209. The molecule has 0 saturated heterocycles. The fourth-order valence-corrected chi connectivity index (χ4v) is 2.06. The molecule has 4 heteroatoms. The highest BCUT2D eigenvalue weighted by Gasteiger charge is 2.02. The molecule has 0 aliphatic rings. The van der Waals surface area contributed by atoms with Crippen molar-refractivity contribution in [2.75, 3.05) is 17.6 Å². The Balaban J connectivity index is 1.96. The lowest BCUT2D eigenvalue weighted by atomic mass is 10.1. The Morgan fingerprint density at radius 2 is 2.05 bits per heavy atom. The number of nitrogen functional groups attached to an aromatic ring is 1. The van der Waals surface area contributed by atoms with E-state index in [1.807, 2.05) is 19.1 Å². The lowest BCUT2D eigenvalue weighted by Crippen LogP contribution is -2.06. The lowest BCUT2D eigenvalue weighted by Gasteiger charge is -2.09. The normalized spacial score (nSPS) is 10.1. The van der Waals surface area contributed by atoms with Crippen LogP contribution in [-0.2, 0) is 6.42 Å². The summed E-state index contributed by atoms with van der Waals surface area (Å²) >= 11 is 0. The summed E-state index contributed by atoms with van der Waals surface area (Å²) in [7, 11) is 0. The first kappa shape index (κ1) is 13.9. The Morgan fingerprint density at radius 3 is 2.70 bits per heavy atom. The molecule has 2 aromatic rings. The van der Waals surface area contributed by atoms with Gasteiger partial charge in [0.25, 0.3) is 0 Å². The van der Waals surface area contributed by atoms with Gasteiger partial charge in [0.15, 0.2) is 0 Å². The molecule has 0 aliphatic carbocycles. The van der Waals surface area contributed by atoms with E-state index in [1.54, 1.807) is 18.2 Å². The van der Waals surface area contributed by atoms with Gasteiger partial charge in [-0.05, 0) is 54.8 Å². The first-order valence-corrected chi connectivity index (χ1v) is 6.38. The van der Waals surface area contributed by atoms with Crippen molar-refractivity contribution in [1.29, 1.82) is 5.26 Å². The topological polar surface area (TPSA) is 61.8 Å². The molecule has 0 heterocycles. The molecular weight excluding hydrogens is 253 g/mol. The molecule has 0 radical (unpaired) electrons. The van der Waals surface area contributed by atoms with Crippen molar-refractivity contribution in [2.45, 2.75) is 13.3 Å². The van der Waals surface area contributed by atoms with Gasteiger partial charge in [-0.25, -0.2) is 4.39 Å². The van der Waals surface area contributed by atoms with Crippen molar-refractivity contribution < 1.29 is 4.39 Å². The molecule has 102 valence electrons. The summed E-state index contributed by atoms with van der Waals surface area (Å²) in [6, 6.07) is 12.1. The van der Waals surface area contributed by atoms with Crippen molar-refractivity contribution in [3.8, 4) is 6.07 Å². The van der Waals surface area contributed by atoms with Gasteiger partial charge in [-0.15, -0.1) is 0 Å². The Labute approximate surface area is 117 Å². The van der Waals surface area contributed by atoms with E-state index in [4.69, 9.17) is 11.0 Å². The van der Waals surface area contributed by atoms with Gasteiger partial charge in [0.1, 0.15) is 11.9 Å². The number of benzene rings is 2. The van der Waals surface area contributed by atoms with Crippen LogP contribution in [0.3, 0.4) is 0 Å². The van der Waals surface area contributed by atoms with Crippen molar-refractivity contribution >= 4 is 11.4 Å². The smallest absolute Gasteiger partial charge is 0.123 e. The summed E-state index contributed by atoms with van der Waals surface area (Å²) in [5.41, 5.74) is 9.63. The molecule has 0 aliphatic heterocycles. The predicted molar refractivity (Wildman–Crippen MR) is 78.9 cm³/mol. The largest absolute Gasteiger partial charge is 0.398 e. The number of nitrogens with zero attached hydrogens (tertiary/aromatic N) is 1. The van der Waals surface area contributed by atoms with Gasteiger partial charge in [0.2, 0.25) is 0 Å². The Hall–Kier alpha value is -2.54. The number of aryl methyl sites for hydroxylation is 1. The standard InChI is InChI=1S/C16H16FN3/c1-11-8-14(17)4-2-12(11)6-7-20-15-5-3-13(10-18)16(19)9-15/h2-5,8-9,20H,6-7,19H2,1H3. The zero-order chi connectivity index (χ0) is 14.5. The van der Waals surface area contributed by atoms with E-state index < -0.39 is 0 Å². The van der Waals surface area contributed by atoms with Crippen molar-refractivity contribution in [3.63, 3.8) is 0 Å². The van der Waals surface area contributed by atoms with Crippen molar-refractivity contribution in [1.82, 2.24) is 0 Å². The van der Waals surface area contributed by atoms with E-state index in [2.05, 4.69) is 5.32 Å². The van der Waals surface area contributed by atoms with E-state index in [0.29, 0.717) is 11.3 Å². The van der Waals surface area contributed by atoms with E-state index in [-0.39, 0.29) is 5.82 Å². The van der Waals surface area contributed by atoms with Gasteiger partial charge in [0.05, 0.1) is 11.3 Å². The number of nitrogens with one attached hydrogen (secondary N) is 1. The summed E-state index contributed by atoms with van der Waals surface area (Å²) in [5, 5.41) is 12.0. The molecule has 3 N–H and O–H groups in total. The first-order valence-electron chi connectivity index (χ1n) is 6.38. The van der Waals surface area contributed by atoms with Crippen LogP contribution in [0.4, 0.5) is 15.8 Å². The number of hydrogen-bond acceptors (Lipinski definition) is 3. The SMILES string of the molecule is Cc1cc(F)ccc1CCNc1ccc(C#N)c(N)c1. The number of nitrogens with two attached hydrogens (primary N) is 1. The molecule has 0 aromatic heterocycles. The maximum absolute atomic E-state index is 13.0. The van der Waals surface area contributed by atoms with Crippen LogP contribution in [0.5, 0.6) is 0 Å². The van der Waals surface area contributed by atoms with Gasteiger partial charge < -0.3 is 11.1 Å². The van der Waals surface area contributed by atoms with E-state index in [1.165, 1.54) is 12.1 Å². The molecule has 2 rings (SSSR count). The highest BCUT2D eigenvalue weighted by Crippen LogP contribution is 2.17. The quantitative estimate of drug-likeness (QED) is 0.837. The number of rotatable bonds is 4. The summed E-state index contributed by atoms with van der Waals surface area (Å²) in [6.45, 7) is 2.62. The second-order valence-corrected chi connectivity index (χ2v) is 4.66. The molecule has 0 atom stereocenters. The van der Waals surface area contributed by atoms with E-state index >= 15 is 0 Å². The summed E-state index contributed by atoms with van der Waals surface area (Å²) < 4.78 is 13.0. The van der Waals surface area contributed by atoms with Crippen LogP contribution in [0.1, 0.15) is 16.7 Å². The molecule has 0 unspecified atom stereocenters. The number of hydrogen-bond donors (Lipinski definition) is 2. The maximum atomic E-state index is 13.0. The van der Waals surface area contributed by atoms with Crippen LogP contribution >= 0.6 is 0 Å². The number of anilines is 2. The van der Waals surface area contributed by atoms with Gasteiger partial charge in [-0.2, -0.15) is 5.26 Å². The van der Waals surface area contributed by atoms with Crippen molar-refractivity contribution in [3.05, 3.63) is 58.9 Å². The monoisotopic (exact) mass is 269 g/mol. The second-order valence-electron chi connectivity index (χ2n) is 4.66. The molecular formula is C16H16FN3. The summed E-state index contributed by atoms with van der Waals surface area (Å²) in [5.74, 6) is -0.209. The molecule has 0 bridgehead atoms. The van der Waals surface area contributed by atoms with E-state index in [9.17, 15) is 4.39 Å². The zero-order valence-electron chi connectivity index (χ0n) is 11.3. The Kier molecular flexibility index (Phi) is 4.21. The maximum Gasteiger partial charge on any atom is 0.123 e. The molecule has 0 amide bonds. The molecule has 0 fully saturated rings. The molecule has 20 heavy (non-hydrogen) atoms.